The van der Waals surface area contributed by atoms with Crippen molar-refractivity contribution in [3.8, 4) is 5.69 Å². The normalized spacial score (nSPS) is 10.2. The summed E-state index contributed by atoms with van der Waals surface area (Å²) < 4.78 is 1.82. The van der Waals surface area contributed by atoms with Crippen LogP contribution in [0.3, 0.4) is 0 Å². The maximum Gasteiger partial charge on any atom is 0.130 e. The Morgan fingerprint density at radius 2 is 1.78 bits per heavy atom. The molecule has 88 valence electrons. The van der Waals surface area contributed by atoms with Crippen LogP contribution in [0, 0.1) is 0 Å². The van der Waals surface area contributed by atoms with Crippen molar-refractivity contribution in [3.05, 3.63) is 67.1 Å². The second-order valence-corrected chi connectivity index (χ2v) is 3.85. The summed E-state index contributed by atoms with van der Waals surface area (Å²) in [6.07, 6.45) is 5.47. The van der Waals surface area contributed by atoms with Gasteiger partial charge in [-0.1, -0.05) is 24.3 Å². The predicted octanol–water partition coefficient (Wildman–Crippen LogP) is 3.01. The number of hydrogen-bond donors (Lipinski definition) is 1. The van der Waals surface area contributed by atoms with Gasteiger partial charge in [0.1, 0.15) is 5.82 Å². The summed E-state index contributed by atoms with van der Waals surface area (Å²) >= 11 is 0. The van der Waals surface area contributed by atoms with Crippen LogP contribution in [0.4, 0.5) is 11.5 Å². The second kappa shape index (κ2) is 4.71. The van der Waals surface area contributed by atoms with E-state index >= 15 is 0 Å². The van der Waals surface area contributed by atoms with Gasteiger partial charge >= 0.3 is 0 Å². The smallest absolute Gasteiger partial charge is 0.130 e. The topological polar surface area (TPSA) is 42.7 Å². The molecule has 0 radical (unpaired) electrons. The number of nitrogens with one attached hydrogen (secondary N) is 1. The van der Waals surface area contributed by atoms with Crippen LogP contribution in [-0.4, -0.2) is 14.8 Å². The molecule has 4 nitrogen and oxygen atoms in total. The van der Waals surface area contributed by atoms with Crippen LogP contribution in [0.25, 0.3) is 5.69 Å². The van der Waals surface area contributed by atoms with E-state index in [2.05, 4.69) is 15.4 Å². The zero-order valence-corrected chi connectivity index (χ0v) is 9.69. The van der Waals surface area contributed by atoms with Gasteiger partial charge in [0.05, 0.1) is 23.8 Å². The SMILES string of the molecule is c1ccc(-n2cc(Nc3ccccn3)cn2)cc1. The Hall–Kier alpha value is -2.62. The van der Waals surface area contributed by atoms with E-state index in [9.17, 15) is 0 Å². The van der Waals surface area contributed by atoms with Crippen LogP contribution in [-0.2, 0) is 0 Å². The number of hydrogen-bond acceptors (Lipinski definition) is 3. The predicted molar refractivity (Wildman–Crippen MR) is 71.1 cm³/mol. The van der Waals surface area contributed by atoms with Crippen LogP contribution in [0.15, 0.2) is 67.1 Å². The zero-order chi connectivity index (χ0) is 12.2. The Balaban J connectivity index is 1.82. The van der Waals surface area contributed by atoms with E-state index in [0.717, 1.165) is 17.2 Å². The number of nitrogens with zero attached hydrogens (tertiary/aromatic N) is 3. The Labute approximate surface area is 105 Å². The molecule has 0 aliphatic carbocycles. The summed E-state index contributed by atoms with van der Waals surface area (Å²) in [6.45, 7) is 0. The monoisotopic (exact) mass is 236 g/mol. The quantitative estimate of drug-likeness (QED) is 0.760. The highest BCUT2D eigenvalue weighted by molar-refractivity contribution is 5.54. The second-order valence-electron chi connectivity index (χ2n) is 3.85. The van der Waals surface area contributed by atoms with Crippen LogP contribution < -0.4 is 5.32 Å². The standard InChI is InChI=1S/C14H12N4/c1-2-6-13(7-3-1)18-11-12(10-16-18)17-14-8-4-5-9-15-14/h1-11H,(H,15,17). The Morgan fingerprint density at radius 1 is 0.944 bits per heavy atom. The minimum Gasteiger partial charge on any atom is -0.338 e. The van der Waals surface area contributed by atoms with E-state index in [1.807, 2.05) is 59.4 Å². The highest BCUT2D eigenvalue weighted by Gasteiger charge is 2.00. The lowest BCUT2D eigenvalue weighted by atomic mass is 10.3. The summed E-state index contributed by atoms with van der Waals surface area (Å²) in [5.74, 6) is 0.810. The maximum atomic E-state index is 4.31. The molecule has 18 heavy (non-hydrogen) atoms. The van der Waals surface area contributed by atoms with Gasteiger partial charge < -0.3 is 5.32 Å². The first kappa shape index (κ1) is 10.5. The summed E-state index contributed by atoms with van der Waals surface area (Å²) in [5.41, 5.74) is 1.95. The van der Waals surface area contributed by atoms with Crippen molar-refractivity contribution in [1.82, 2.24) is 14.8 Å². The number of aromatic nitrogens is 3. The molecule has 0 saturated carbocycles. The lowest BCUT2D eigenvalue weighted by Gasteiger charge is -2.01. The number of para-hydroxylation sites is 1. The molecule has 2 aromatic heterocycles. The van der Waals surface area contributed by atoms with Crippen LogP contribution >= 0.6 is 0 Å². The maximum absolute atomic E-state index is 4.31. The van der Waals surface area contributed by atoms with Crippen molar-refractivity contribution in [2.75, 3.05) is 5.32 Å². The van der Waals surface area contributed by atoms with E-state index in [-0.39, 0.29) is 0 Å². The fraction of sp³-hybridized carbons (Fsp3) is 0. The highest BCUT2D eigenvalue weighted by Crippen LogP contribution is 2.15. The highest BCUT2D eigenvalue weighted by atomic mass is 15.3. The molecule has 0 bridgehead atoms. The van der Waals surface area contributed by atoms with Crippen molar-refractivity contribution >= 4 is 11.5 Å². The van der Waals surface area contributed by atoms with Gasteiger partial charge in [-0.3, -0.25) is 0 Å². The average molecular weight is 236 g/mol. The van der Waals surface area contributed by atoms with Crippen LogP contribution in [0.1, 0.15) is 0 Å². The molecule has 0 aliphatic heterocycles. The molecule has 4 heteroatoms. The lowest BCUT2D eigenvalue weighted by Crippen LogP contribution is -1.93. The molecule has 0 fully saturated rings. The third-order valence-electron chi connectivity index (χ3n) is 2.54. The van der Waals surface area contributed by atoms with E-state index in [0.29, 0.717) is 0 Å². The minimum absolute atomic E-state index is 0.810. The van der Waals surface area contributed by atoms with Gasteiger partial charge in [0.25, 0.3) is 0 Å². The molecule has 3 aromatic rings. The first-order chi connectivity index (χ1) is 8.92. The van der Waals surface area contributed by atoms with Gasteiger partial charge in [-0.05, 0) is 24.3 Å². The first-order valence-electron chi connectivity index (χ1n) is 5.70. The van der Waals surface area contributed by atoms with Crippen molar-refractivity contribution in [2.24, 2.45) is 0 Å². The molecule has 0 atom stereocenters. The van der Waals surface area contributed by atoms with Crippen LogP contribution in [0.5, 0.6) is 0 Å². The summed E-state index contributed by atoms with van der Waals surface area (Å²) in [5, 5.41) is 7.51. The minimum atomic E-state index is 0.810. The Morgan fingerprint density at radius 3 is 2.56 bits per heavy atom. The molecule has 0 aliphatic rings. The molecular weight excluding hydrogens is 224 g/mol. The number of anilines is 2. The number of benzene rings is 1. The molecule has 0 amide bonds. The fourth-order valence-corrected chi connectivity index (χ4v) is 1.69. The third kappa shape index (κ3) is 2.22. The van der Waals surface area contributed by atoms with Crippen molar-refractivity contribution < 1.29 is 0 Å². The van der Waals surface area contributed by atoms with E-state index in [1.54, 1.807) is 12.4 Å². The fourth-order valence-electron chi connectivity index (χ4n) is 1.69. The molecular formula is C14H12N4. The van der Waals surface area contributed by atoms with E-state index < -0.39 is 0 Å². The van der Waals surface area contributed by atoms with E-state index in [1.165, 1.54) is 0 Å². The average Bonchev–Trinajstić information content (AvgIpc) is 2.89. The molecule has 1 N–H and O–H groups in total. The van der Waals surface area contributed by atoms with Gasteiger partial charge in [0.15, 0.2) is 0 Å². The van der Waals surface area contributed by atoms with Gasteiger partial charge in [-0.25, -0.2) is 9.67 Å². The molecule has 3 rings (SSSR count). The summed E-state index contributed by atoms with van der Waals surface area (Å²) in [6, 6.07) is 15.7. The summed E-state index contributed by atoms with van der Waals surface area (Å²) in [4.78, 5) is 4.21. The van der Waals surface area contributed by atoms with Gasteiger partial charge in [-0.2, -0.15) is 5.10 Å². The summed E-state index contributed by atoms with van der Waals surface area (Å²) in [7, 11) is 0. The molecule has 0 saturated heterocycles. The largest absolute Gasteiger partial charge is 0.338 e. The van der Waals surface area contributed by atoms with Gasteiger partial charge in [0, 0.05) is 6.20 Å². The lowest BCUT2D eigenvalue weighted by molar-refractivity contribution is 0.881. The number of pyridine rings is 1. The van der Waals surface area contributed by atoms with Gasteiger partial charge in [0.2, 0.25) is 0 Å². The number of rotatable bonds is 3. The Bertz CT molecular complexity index is 617. The van der Waals surface area contributed by atoms with E-state index in [4.69, 9.17) is 0 Å². The molecule has 1 aromatic carbocycles. The zero-order valence-electron chi connectivity index (χ0n) is 9.69. The Kier molecular flexibility index (Phi) is 2.75. The van der Waals surface area contributed by atoms with Crippen molar-refractivity contribution in [3.63, 3.8) is 0 Å². The van der Waals surface area contributed by atoms with Crippen molar-refractivity contribution in [2.45, 2.75) is 0 Å². The van der Waals surface area contributed by atoms with Crippen LogP contribution in [0.2, 0.25) is 0 Å². The first-order valence-corrected chi connectivity index (χ1v) is 5.70. The van der Waals surface area contributed by atoms with Gasteiger partial charge in [-0.15, -0.1) is 0 Å². The van der Waals surface area contributed by atoms with Crippen molar-refractivity contribution in [1.29, 1.82) is 0 Å². The molecule has 0 unspecified atom stereocenters. The molecule has 2 heterocycles. The molecule has 0 spiro atoms. The third-order valence-corrected chi connectivity index (χ3v) is 2.54.